The minimum Gasteiger partial charge on any atom is -0.388 e. The molecular weight excluding hydrogens is 168 g/mol. The number of carbonyl (C=O) groups is 1. The first-order valence-corrected chi connectivity index (χ1v) is 4.48. The average molecular weight is 182 g/mol. The molecule has 1 heterocycles. The van der Waals surface area contributed by atoms with Crippen LogP contribution in [0, 0.1) is 11.3 Å². The van der Waals surface area contributed by atoms with Gasteiger partial charge in [-0.2, -0.15) is 5.26 Å². The molecule has 0 saturated carbocycles. The van der Waals surface area contributed by atoms with Crippen molar-refractivity contribution in [3.8, 4) is 6.07 Å². The van der Waals surface area contributed by atoms with E-state index in [-0.39, 0.29) is 12.3 Å². The minimum absolute atomic E-state index is 0.0835. The summed E-state index contributed by atoms with van der Waals surface area (Å²) in [5.41, 5.74) is -0.717. The van der Waals surface area contributed by atoms with Gasteiger partial charge in [-0.15, -0.1) is 0 Å². The lowest BCUT2D eigenvalue weighted by Crippen LogP contribution is -2.35. The highest BCUT2D eigenvalue weighted by molar-refractivity contribution is 5.78. The molecule has 13 heavy (non-hydrogen) atoms. The zero-order valence-electron chi connectivity index (χ0n) is 7.79. The van der Waals surface area contributed by atoms with E-state index in [9.17, 15) is 9.90 Å². The van der Waals surface area contributed by atoms with E-state index in [2.05, 4.69) is 0 Å². The molecule has 0 spiro atoms. The van der Waals surface area contributed by atoms with E-state index in [1.54, 1.807) is 4.90 Å². The fourth-order valence-corrected chi connectivity index (χ4v) is 1.54. The Morgan fingerprint density at radius 2 is 2.46 bits per heavy atom. The van der Waals surface area contributed by atoms with Crippen molar-refractivity contribution in [2.24, 2.45) is 0 Å². The number of likely N-dealkylation sites (tertiary alicyclic amines) is 1. The molecule has 1 aliphatic heterocycles. The second-order valence-electron chi connectivity index (χ2n) is 3.48. The number of β-amino-alcohol motifs (C(OH)–C–C–N with tert-alkyl or cyclic N) is 1. The molecule has 0 aromatic carbocycles. The van der Waals surface area contributed by atoms with Gasteiger partial charge < -0.3 is 10.0 Å². The zero-order chi connectivity index (χ0) is 9.90. The number of hydrogen-bond donors (Lipinski definition) is 1. The van der Waals surface area contributed by atoms with Crippen LogP contribution in [0.15, 0.2) is 0 Å². The van der Waals surface area contributed by atoms with Crippen LogP contribution >= 0.6 is 0 Å². The molecule has 72 valence electrons. The number of nitriles is 1. The van der Waals surface area contributed by atoms with Gasteiger partial charge in [-0.3, -0.25) is 4.79 Å². The van der Waals surface area contributed by atoms with E-state index in [0.29, 0.717) is 25.9 Å². The lowest BCUT2D eigenvalue weighted by molar-refractivity contribution is -0.130. The van der Waals surface area contributed by atoms with E-state index in [4.69, 9.17) is 5.26 Å². The SMILES string of the molecule is CCC1(O)CCN(C(=O)CC#N)C1. The Hall–Kier alpha value is -1.08. The quantitative estimate of drug-likeness (QED) is 0.666. The van der Waals surface area contributed by atoms with Gasteiger partial charge in [-0.1, -0.05) is 6.92 Å². The number of amides is 1. The van der Waals surface area contributed by atoms with Crippen LogP contribution in [0.3, 0.4) is 0 Å². The molecular formula is C9H14N2O2. The van der Waals surface area contributed by atoms with Crippen LogP contribution in [0.25, 0.3) is 0 Å². The van der Waals surface area contributed by atoms with Crippen LogP contribution in [-0.4, -0.2) is 34.6 Å². The fourth-order valence-electron chi connectivity index (χ4n) is 1.54. The van der Waals surface area contributed by atoms with E-state index in [1.165, 1.54) is 0 Å². The lowest BCUT2D eigenvalue weighted by Gasteiger charge is -2.20. The van der Waals surface area contributed by atoms with Crippen molar-refractivity contribution < 1.29 is 9.90 Å². The highest BCUT2D eigenvalue weighted by atomic mass is 16.3. The molecule has 0 aliphatic carbocycles. The number of hydrogen-bond acceptors (Lipinski definition) is 3. The third-order valence-corrected chi connectivity index (χ3v) is 2.57. The van der Waals surface area contributed by atoms with Crippen LogP contribution in [0.5, 0.6) is 0 Å². The van der Waals surface area contributed by atoms with Gasteiger partial charge in [0.1, 0.15) is 6.42 Å². The van der Waals surface area contributed by atoms with Crippen molar-refractivity contribution in [3.63, 3.8) is 0 Å². The summed E-state index contributed by atoms with van der Waals surface area (Å²) in [5.74, 6) is -0.174. The molecule has 4 nitrogen and oxygen atoms in total. The summed E-state index contributed by atoms with van der Waals surface area (Å²) in [7, 11) is 0. The summed E-state index contributed by atoms with van der Waals surface area (Å²) in [5, 5.41) is 18.1. The maximum Gasteiger partial charge on any atom is 0.236 e. The molecule has 1 saturated heterocycles. The van der Waals surface area contributed by atoms with Gasteiger partial charge in [-0.05, 0) is 12.8 Å². The van der Waals surface area contributed by atoms with Crippen LogP contribution in [0.1, 0.15) is 26.2 Å². The van der Waals surface area contributed by atoms with E-state index >= 15 is 0 Å². The van der Waals surface area contributed by atoms with E-state index in [0.717, 1.165) is 0 Å². The monoisotopic (exact) mass is 182 g/mol. The van der Waals surface area contributed by atoms with Crippen molar-refractivity contribution in [2.45, 2.75) is 31.8 Å². The average Bonchev–Trinajstić information content (AvgIpc) is 2.50. The van der Waals surface area contributed by atoms with Crippen LogP contribution in [0.2, 0.25) is 0 Å². The molecule has 1 N–H and O–H groups in total. The molecule has 0 bridgehead atoms. The Morgan fingerprint density at radius 3 is 2.92 bits per heavy atom. The van der Waals surface area contributed by atoms with Crippen LogP contribution in [-0.2, 0) is 4.79 Å². The Balaban J connectivity index is 2.50. The van der Waals surface area contributed by atoms with Crippen molar-refractivity contribution in [1.29, 1.82) is 5.26 Å². The second kappa shape index (κ2) is 3.75. The molecule has 1 unspecified atom stereocenters. The van der Waals surface area contributed by atoms with Gasteiger partial charge in [0.25, 0.3) is 0 Å². The highest BCUT2D eigenvalue weighted by Crippen LogP contribution is 2.24. The Labute approximate surface area is 77.8 Å². The van der Waals surface area contributed by atoms with Gasteiger partial charge in [0.15, 0.2) is 0 Å². The molecule has 1 rings (SSSR count). The maximum atomic E-state index is 11.2. The molecule has 1 amide bonds. The first-order valence-electron chi connectivity index (χ1n) is 4.48. The minimum atomic E-state index is -0.717. The van der Waals surface area contributed by atoms with Crippen LogP contribution in [0.4, 0.5) is 0 Å². The molecule has 4 heteroatoms. The summed E-state index contributed by atoms with van der Waals surface area (Å²) in [6.07, 6.45) is 1.20. The number of aliphatic hydroxyl groups is 1. The number of carbonyl (C=O) groups excluding carboxylic acids is 1. The van der Waals surface area contributed by atoms with E-state index < -0.39 is 5.60 Å². The van der Waals surface area contributed by atoms with Crippen molar-refractivity contribution >= 4 is 5.91 Å². The fraction of sp³-hybridized carbons (Fsp3) is 0.778. The smallest absolute Gasteiger partial charge is 0.236 e. The predicted molar refractivity (Wildman–Crippen MR) is 46.7 cm³/mol. The van der Waals surface area contributed by atoms with E-state index in [1.807, 2.05) is 13.0 Å². The van der Waals surface area contributed by atoms with Crippen molar-refractivity contribution in [1.82, 2.24) is 4.90 Å². The third kappa shape index (κ3) is 2.19. The predicted octanol–water partition coefficient (Wildman–Crippen LogP) is 0.273. The van der Waals surface area contributed by atoms with Gasteiger partial charge in [0.05, 0.1) is 11.7 Å². The lowest BCUT2D eigenvalue weighted by atomic mass is 10.0. The molecule has 0 aromatic rings. The maximum absolute atomic E-state index is 11.2. The van der Waals surface area contributed by atoms with Gasteiger partial charge >= 0.3 is 0 Å². The standard InChI is InChI=1S/C9H14N2O2/c1-2-9(13)4-6-11(7-9)8(12)3-5-10/h13H,2-4,6-7H2,1H3. The summed E-state index contributed by atoms with van der Waals surface area (Å²) in [6.45, 7) is 2.85. The summed E-state index contributed by atoms with van der Waals surface area (Å²) < 4.78 is 0. The third-order valence-electron chi connectivity index (χ3n) is 2.57. The Bertz CT molecular complexity index is 246. The summed E-state index contributed by atoms with van der Waals surface area (Å²) in [6, 6.07) is 1.82. The second-order valence-corrected chi connectivity index (χ2v) is 3.48. The molecule has 1 atom stereocenters. The van der Waals surface area contributed by atoms with Gasteiger partial charge in [-0.25, -0.2) is 0 Å². The largest absolute Gasteiger partial charge is 0.388 e. The molecule has 0 aromatic heterocycles. The summed E-state index contributed by atoms with van der Waals surface area (Å²) in [4.78, 5) is 12.8. The molecule has 1 aliphatic rings. The van der Waals surface area contributed by atoms with Crippen molar-refractivity contribution in [3.05, 3.63) is 0 Å². The molecule has 1 fully saturated rings. The normalized spacial score (nSPS) is 27.3. The number of nitrogens with zero attached hydrogens (tertiary/aromatic N) is 2. The van der Waals surface area contributed by atoms with Crippen LogP contribution < -0.4 is 0 Å². The summed E-state index contributed by atoms with van der Waals surface area (Å²) >= 11 is 0. The van der Waals surface area contributed by atoms with Gasteiger partial charge in [0.2, 0.25) is 5.91 Å². The number of rotatable bonds is 2. The zero-order valence-corrected chi connectivity index (χ0v) is 7.79. The first-order chi connectivity index (χ1) is 6.11. The highest BCUT2D eigenvalue weighted by Gasteiger charge is 2.36. The Morgan fingerprint density at radius 1 is 1.77 bits per heavy atom. The Kier molecular flexibility index (Phi) is 2.89. The van der Waals surface area contributed by atoms with Crippen molar-refractivity contribution in [2.75, 3.05) is 13.1 Å². The van der Waals surface area contributed by atoms with Gasteiger partial charge in [0, 0.05) is 13.1 Å². The topological polar surface area (TPSA) is 64.3 Å². The first kappa shape index (κ1) is 10.0. The molecule has 0 radical (unpaired) electrons.